The van der Waals surface area contributed by atoms with E-state index in [0.717, 1.165) is 0 Å². The summed E-state index contributed by atoms with van der Waals surface area (Å²) in [5, 5.41) is 0. The molecular weight excluding hydrogens is 74.9 g/mol. The maximum absolute atomic E-state index is 3.42. The van der Waals surface area contributed by atoms with Crippen molar-refractivity contribution in [3.05, 3.63) is 12.6 Å². The zero-order chi connectivity index (χ0) is 3.41. The molecule has 0 N–H and O–H groups in total. The van der Waals surface area contributed by atoms with Crippen LogP contribution in [0.25, 0.3) is 0 Å². The van der Waals surface area contributed by atoms with Crippen molar-refractivity contribution >= 4 is 18.2 Å². The Bertz CT molecular complexity index is 20.9. The minimum Gasteiger partial charge on any atom is -0.130 e. The summed E-state index contributed by atoms with van der Waals surface area (Å²) in [6, 6.07) is 0. The van der Waals surface area contributed by atoms with Gasteiger partial charge in [0.15, 0.2) is 0 Å². The second kappa shape index (κ2) is 8.98. The van der Waals surface area contributed by atoms with Gasteiger partial charge in [0.1, 0.15) is 7.28 Å². The second-order valence-corrected chi connectivity index (χ2v) is 0.569. The van der Waals surface area contributed by atoms with E-state index >= 15 is 0 Å². The van der Waals surface area contributed by atoms with Crippen molar-refractivity contribution in [2.45, 2.75) is 6.82 Å². The van der Waals surface area contributed by atoms with Crippen LogP contribution in [0.3, 0.4) is 0 Å². The third-order valence-corrected chi connectivity index (χ3v) is 0.236. The van der Waals surface area contributed by atoms with Crippen LogP contribution < -0.4 is 0 Å². The first-order chi connectivity index (χ1) is 1.91. The van der Waals surface area contributed by atoms with E-state index in [4.69, 9.17) is 0 Å². The van der Waals surface area contributed by atoms with E-state index < -0.39 is 0 Å². The van der Waals surface area contributed by atoms with Crippen molar-refractivity contribution in [2.75, 3.05) is 0 Å². The first-order valence-electron chi connectivity index (χ1n) is 1.32. The molecule has 0 aliphatic rings. The average molecular weight is 85.0 g/mol. The highest BCUT2D eigenvalue weighted by molar-refractivity contribution is 6.39. The van der Waals surface area contributed by atoms with Crippen molar-refractivity contribution in [1.82, 2.24) is 0 Å². The normalized spacial score (nSPS) is 4.20. The Morgan fingerprint density at radius 1 is 1.80 bits per heavy atom. The van der Waals surface area contributed by atoms with Gasteiger partial charge >= 0.3 is 0 Å². The van der Waals surface area contributed by atoms with Gasteiger partial charge in [0.2, 0.25) is 0 Å². The van der Waals surface area contributed by atoms with Gasteiger partial charge in [0, 0.05) is 0 Å². The lowest BCUT2D eigenvalue weighted by Crippen LogP contribution is -1.61. The molecule has 0 aliphatic carbocycles. The first kappa shape index (κ1) is 8.90. The number of hydrogen-bond acceptors (Lipinski definition) is 0. The average Bonchev–Trinajstić information content (AvgIpc) is 1.37. The van der Waals surface area contributed by atoms with Crippen LogP contribution in [0.15, 0.2) is 12.6 Å². The van der Waals surface area contributed by atoms with Gasteiger partial charge in [-0.25, -0.2) is 0 Å². The van der Waals surface area contributed by atoms with E-state index in [1.54, 1.807) is 5.98 Å². The lowest BCUT2D eigenvalue weighted by molar-refractivity contribution is 2.26. The highest BCUT2D eigenvalue weighted by atomic mass is 28.1. The molecule has 0 amide bonds. The third-order valence-electron chi connectivity index (χ3n) is 0.236. The van der Waals surface area contributed by atoms with Gasteiger partial charge in [-0.2, -0.15) is 0 Å². The molecule has 0 spiro atoms. The molecule has 29 valence electrons. The molecule has 0 saturated carbocycles. The lowest BCUT2D eigenvalue weighted by atomic mass is 9.84. The van der Waals surface area contributed by atoms with Gasteiger partial charge < -0.3 is 0 Å². The van der Waals surface area contributed by atoms with Crippen molar-refractivity contribution in [3.8, 4) is 0 Å². The van der Waals surface area contributed by atoms with Gasteiger partial charge in [0.05, 0.1) is 0 Å². The van der Waals surface area contributed by atoms with Crippen molar-refractivity contribution in [3.63, 3.8) is 0 Å². The standard InChI is InChI=1S/C3H6B.H4Si/c1-3-4-2;/h3H,1H2,2H3;1H4. The minimum atomic E-state index is 0. The molecule has 0 heterocycles. The molecular formula is C3H10BSi. The molecule has 0 aliphatic heterocycles. The van der Waals surface area contributed by atoms with Crippen LogP contribution in [-0.4, -0.2) is 18.2 Å². The second-order valence-electron chi connectivity index (χ2n) is 0.569. The Hall–Kier alpha value is 0.0218. The van der Waals surface area contributed by atoms with Crippen molar-refractivity contribution < 1.29 is 0 Å². The number of hydrogen-bond donors (Lipinski definition) is 0. The first-order valence-corrected chi connectivity index (χ1v) is 1.32. The highest BCUT2D eigenvalue weighted by Crippen LogP contribution is 1.48. The van der Waals surface area contributed by atoms with Crippen LogP contribution in [0.1, 0.15) is 0 Å². The topological polar surface area (TPSA) is 0 Å². The fourth-order valence-corrected chi connectivity index (χ4v) is 0. The Balaban J connectivity index is 0. The van der Waals surface area contributed by atoms with E-state index in [9.17, 15) is 0 Å². The maximum Gasteiger partial charge on any atom is 0.137 e. The quantitative estimate of drug-likeness (QED) is 0.374. The summed E-state index contributed by atoms with van der Waals surface area (Å²) < 4.78 is 0. The predicted molar refractivity (Wildman–Crippen MR) is 33.1 cm³/mol. The fourth-order valence-electron chi connectivity index (χ4n) is 0. The van der Waals surface area contributed by atoms with E-state index in [2.05, 4.69) is 6.58 Å². The monoisotopic (exact) mass is 85.1 g/mol. The van der Waals surface area contributed by atoms with Gasteiger partial charge in [0.25, 0.3) is 0 Å². The van der Waals surface area contributed by atoms with E-state index in [-0.39, 0.29) is 11.0 Å². The molecule has 1 radical (unpaired) electrons. The molecule has 0 unspecified atom stereocenters. The molecule has 2 heteroatoms. The maximum atomic E-state index is 3.42. The van der Waals surface area contributed by atoms with Crippen LogP contribution in [0, 0.1) is 0 Å². The highest BCUT2D eigenvalue weighted by Gasteiger charge is 1.51. The van der Waals surface area contributed by atoms with Crippen LogP contribution in [0.2, 0.25) is 6.82 Å². The molecule has 0 rings (SSSR count). The zero-order valence-electron chi connectivity index (χ0n) is 2.86. The van der Waals surface area contributed by atoms with Crippen LogP contribution in [-0.2, 0) is 0 Å². The minimum absolute atomic E-state index is 0. The number of rotatable bonds is 1. The van der Waals surface area contributed by atoms with E-state index in [0.29, 0.717) is 0 Å². The Morgan fingerprint density at radius 2 is 2.00 bits per heavy atom. The van der Waals surface area contributed by atoms with Crippen LogP contribution in [0.5, 0.6) is 0 Å². The largest absolute Gasteiger partial charge is 0.137 e. The summed E-state index contributed by atoms with van der Waals surface area (Å²) >= 11 is 0. The third kappa shape index (κ3) is 15.7. The van der Waals surface area contributed by atoms with Crippen molar-refractivity contribution in [1.29, 1.82) is 0 Å². The molecule has 0 atom stereocenters. The van der Waals surface area contributed by atoms with Gasteiger partial charge in [-0.3, -0.25) is 0 Å². The van der Waals surface area contributed by atoms with Crippen LogP contribution in [0.4, 0.5) is 0 Å². The molecule has 5 heavy (non-hydrogen) atoms. The molecule has 0 bridgehead atoms. The summed E-state index contributed by atoms with van der Waals surface area (Å²) in [5.74, 6) is 1.75. The summed E-state index contributed by atoms with van der Waals surface area (Å²) in [4.78, 5) is 0. The zero-order valence-corrected chi connectivity index (χ0v) is 2.86. The van der Waals surface area contributed by atoms with E-state index in [1.807, 2.05) is 14.1 Å². The fraction of sp³-hybridized carbons (Fsp3) is 0.333. The Labute approximate surface area is 38.5 Å². The SMILES string of the molecule is C=C[B]C.[SiH4]. The molecule has 0 aromatic carbocycles. The van der Waals surface area contributed by atoms with Gasteiger partial charge in [-0.05, 0) is 11.0 Å². The van der Waals surface area contributed by atoms with Gasteiger partial charge in [-0.15, -0.1) is 12.6 Å². The Morgan fingerprint density at radius 3 is 2.00 bits per heavy atom. The predicted octanol–water partition coefficient (Wildman–Crippen LogP) is -0.569. The van der Waals surface area contributed by atoms with Crippen molar-refractivity contribution in [2.24, 2.45) is 0 Å². The molecule has 0 saturated heterocycles. The molecule has 0 aromatic rings. The Kier molecular flexibility index (Phi) is 16.0. The molecule has 0 fully saturated rings. The smallest absolute Gasteiger partial charge is 0.130 e. The molecule has 0 nitrogen and oxygen atoms in total. The lowest BCUT2D eigenvalue weighted by Gasteiger charge is -1.52. The summed E-state index contributed by atoms with van der Waals surface area (Å²) in [6.07, 6.45) is 0. The van der Waals surface area contributed by atoms with Gasteiger partial charge in [-0.1, -0.05) is 6.82 Å². The summed E-state index contributed by atoms with van der Waals surface area (Å²) in [5.41, 5.74) is 0. The molecule has 0 aromatic heterocycles. The summed E-state index contributed by atoms with van der Waals surface area (Å²) in [6.45, 7) is 5.36. The van der Waals surface area contributed by atoms with E-state index in [1.165, 1.54) is 0 Å². The summed E-state index contributed by atoms with van der Waals surface area (Å²) in [7, 11) is 1.89. The van der Waals surface area contributed by atoms with Crippen LogP contribution >= 0.6 is 0 Å².